The summed E-state index contributed by atoms with van der Waals surface area (Å²) in [5.74, 6) is 0.362. The Balaban J connectivity index is 2.59. The van der Waals surface area contributed by atoms with E-state index in [0.29, 0.717) is 11.5 Å². The van der Waals surface area contributed by atoms with Crippen LogP contribution in [-0.2, 0) is 4.79 Å². The zero-order valence-electron chi connectivity index (χ0n) is 15.8. The number of esters is 1. The first-order valence-electron chi connectivity index (χ1n) is 8.50. The highest BCUT2D eigenvalue weighted by Gasteiger charge is 2.21. The number of aromatic hydroxyl groups is 1. The third kappa shape index (κ3) is 4.11. The van der Waals surface area contributed by atoms with Crippen LogP contribution in [0, 0.1) is 27.7 Å². The van der Waals surface area contributed by atoms with Crippen LogP contribution in [0.3, 0.4) is 0 Å². The van der Waals surface area contributed by atoms with Crippen molar-refractivity contribution in [3.8, 4) is 11.5 Å². The Morgan fingerprint density at radius 3 is 2.16 bits per heavy atom. The first-order chi connectivity index (χ1) is 11.7. The third-order valence-electron chi connectivity index (χ3n) is 4.36. The molecule has 0 aliphatic heterocycles. The SMILES string of the molecule is C/C=C/C(=O)Oc1c(C)cc(C)cc1C(C)c1cc(C)cc(C)c1O. The van der Waals surface area contributed by atoms with E-state index in [1.54, 1.807) is 13.0 Å². The van der Waals surface area contributed by atoms with E-state index in [9.17, 15) is 9.90 Å². The number of carbonyl (C=O) groups is 1. The molecule has 1 N–H and O–H groups in total. The first-order valence-corrected chi connectivity index (χ1v) is 8.50. The zero-order chi connectivity index (χ0) is 18.7. The molecule has 0 bridgehead atoms. The second-order valence-electron chi connectivity index (χ2n) is 6.66. The van der Waals surface area contributed by atoms with Crippen molar-refractivity contribution in [1.82, 2.24) is 0 Å². The van der Waals surface area contributed by atoms with Gasteiger partial charge in [-0.25, -0.2) is 4.79 Å². The van der Waals surface area contributed by atoms with E-state index in [1.165, 1.54) is 6.08 Å². The summed E-state index contributed by atoms with van der Waals surface area (Å²) in [7, 11) is 0. The molecule has 0 heterocycles. The zero-order valence-corrected chi connectivity index (χ0v) is 15.8. The molecule has 0 radical (unpaired) electrons. The Bertz CT molecular complexity index is 832. The molecule has 2 aromatic carbocycles. The van der Waals surface area contributed by atoms with E-state index < -0.39 is 5.97 Å². The van der Waals surface area contributed by atoms with Gasteiger partial charge in [-0.1, -0.05) is 48.4 Å². The molecular formula is C22H26O3. The van der Waals surface area contributed by atoms with Crippen LogP contribution in [0.15, 0.2) is 36.4 Å². The van der Waals surface area contributed by atoms with Crippen LogP contribution in [0.25, 0.3) is 0 Å². The fraction of sp³-hybridized carbons (Fsp3) is 0.318. The van der Waals surface area contributed by atoms with Gasteiger partial charge in [-0.15, -0.1) is 0 Å². The summed E-state index contributed by atoms with van der Waals surface area (Å²) in [6.45, 7) is 11.7. The number of phenolic OH excluding ortho intramolecular Hbond substituents is 1. The molecule has 0 aliphatic carbocycles. The van der Waals surface area contributed by atoms with Crippen molar-refractivity contribution >= 4 is 5.97 Å². The Kier molecular flexibility index (Phi) is 5.68. The van der Waals surface area contributed by atoms with Gasteiger partial charge < -0.3 is 9.84 Å². The molecule has 2 aromatic rings. The standard InChI is InChI=1S/C22H26O3/c1-7-8-20(23)25-22-16(5)10-14(3)12-19(22)17(6)18-11-13(2)9-15(4)21(18)24/h7-12,17,24H,1-6H3/b8-7+. The topological polar surface area (TPSA) is 46.5 Å². The minimum Gasteiger partial charge on any atom is -0.507 e. The van der Waals surface area contributed by atoms with Gasteiger partial charge in [-0.05, 0) is 45.7 Å². The van der Waals surface area contributed by atoms with Crippen LogP contribution in [0.4, 0.5) is 0 Å². The van der Waals surface area contributed by atoms with E-state index in [2.05, 4.69) is 0 Å². The van der Waals surface area contributed by atoms with E-state index in [-0.39, 0.29) is 5.92 Å². The van der Waals surface area contributed by atoms with Crippen molar-refractivity contribution in [1.29, 1.82) is 0 Å². The molecule has 0 amide bonds. The van der Waals surface area contributed by atoms with Gasteiger partial charge in [-0.3, -0.25) is 0 Å². The number of aryl methyl sites for hydroxylation is 4. The first kappa shape index (κ1) is 18.8. The smallest absolute Gasteiger partial charge is 0.335 e. The van der Waals surface area contributed by atoms with Crippen molar-refractivity contribution in [2.24, 2.45) is 0 Å². The lowest BCUT2D eigenvalue weighted by Crippen LogP contribution is -2.10. The lowest BCUT2D eigenvalue weighted by Gasteiger charge is -2.21. The number of phenols is 1. The summed E-state index contributed by atoms with van der Waals surface area (Å²) in [4.78, 5) is 12.0. The summed E-state index contributed by atoms with van der Waals surface area (Å²) in [6.07, 6.45) is 3.06. The number of carbonyl (C=O) groups excluding carboxylic acids is 1. The molecule has 3 nitrogen and oxygen atoms in total. The maximum Gasteiger partial charge on any atom is 0.335 e. The maximum absolute atomic E-state index is 12.0. The number of benzene rings is 2. The van der Waals surface area contributed by atoms with Crippen LogP contribution >= 0.6 is 0 Å². The van der Waals surface area contributed by atoms with Crippen molar-refractivity contribution in [3.05, 3.63) is 69.8 Å². The van der Waals surface area contributed by atoms with Gasteiger partial charge in [0.25, 0.3) is 0 Å². The Morgan fingerprint density at radius 2 is 1.56 bits per heavy atom. The van der Waals surface area contributed by atoms with Gasteiger partial charge in [0.15, 0.2) is 0 Å². The van der Waals surface area contributed by atoms with Crippen LogP contribution < -0.4 is 4.74 Å². The number of ether oxygens (including phenoxy) is 1. The molecule has 0 fully saturated rings. The molecule has 3 heteroatoms. The second-order valence-corrected chi connectivity index (χ2v) is 6.66. The Labute approximate surface area is 150 Å². The molecule has 25 heavy (non-hydrogen) atoms. The van der Waals surface area contributed by atoms with Crippen LogP contribution in [-0.4, -0.2) is 11.1 Å². The fourth-order valence-electron chi connectivity index (χ4n) is 3.21. The van der Waals surface area contributed by atoms with Gasteiger partial charge in [0.2, 0.25) is 0 Å². The molecule has 0 spiro atoms. The van der Waals surface area contributed by atoms with Gasteiger partial charge in [0.1, 0.15) is 11.5 Å². The van der Waals surface area contributed by atoms with Gasteiger partial charge in [0.05, 0.1) is 0 Å². The summed E-state index contributed by atoms with van der Waals surface area (Å²) in [6, 6.07) is 7.96. The largest absolute Gasteiger partial charge is 0.507 e. The summed E-state index contributed by atoms with van der Waals surface area (Å²) < 4.78 is 5.61. The predicted molar refractivity (Wildman–Crippen MR) is 101 cm³/mol. The van der Waals surface area contributed by atoms with E-state index in [1.807, 2.05) is 58.9 Å². The quantitative estimate of drug-likeness (QED) is 0.470. The van der Waals surface area contributed by atoms with Crippen molar-refractivity contribution in [2.45, 2.75) is 47.5 Å². The Morgan fingerprint density at radius 1 is 1.00 bits per heavy atom. The van der Waals surface area contributed by atoms with Crippen LogP contribution in [0.5, 0.6) is 11.5 Å². The molecular weight excluding hydrogens is 312 g/mol. The van der Waals surface area contributed by atoms with Crippen molar-refractivity contribution in [2.75, 3.05) is 0 Å². The number of rotatable bonds is 4. The summed E-state index contributed by atoms with van der Waals surface area (Å²) in [5, 5.41) is 10.5. The van der Waals surface area contributed by atoms with Crippen LogP contribution in [0.1, 0.15) is 53.1 Å². The van der Waals surface area contributed by atoms with Crippen molar-refractivity contribution < 1.29 is 14.6 Å². The fourth-order valence-corrected chi connectivity index (χ4v) is 3.21. The van der Waals surface area contributed by atoms with E-state index >= 15 is 0 Å². The lowest BCUT2D eigenvalue weighted by molar-refractivity contribution is -0.129. The second kappa shape index (κ2) is 7.56. The number of hydrogen-bond donors (Lipinski definition) is 1. The summed E-state index contributed by atoms with van der Waals surface area (Å²) in [5.41, 5.74) is 5.67. The average Bonchev–Trinajstić information content (AvgIpc) is 2.52. The molecule has 132 valence electrons. The normalized spacial score (nSPS) is 12.4. The third-order valence-corrected chi connectivity index (χ3v) is 4.36. The minimum absolute atomic E-state index is 0.106. The molecule has 1 unspecified atom stereocenters. The molecule has 0 aliphatic rings. The molecule has 0 saturated heterocycles. The van der Waals surface area contributed by atoms with Gasteiger partial charge in [-0.2, -0.15) is 0 Å². The maximum atomic E-state index is 12.0. The summed E-state index contributed by atoms with van der Waals surface area (Å²) >= 11 is 0. The van der Waals surface area contributed by atoms with Crippen LogP contribution in [0.2, 0.25) is 0 Å². The molecule has 0 aromatic heterocycles. The predicted octanol–water partition coefficient (Wildman–Crippen LogP) is 5.26. The lowest BCUT2D eigenvalue weighted by atomic mass is 9.87. The Hall–Kier alpha value is -2.55. The van der Waals surface area contributed by atoms with Gasteiger partial charge >= 0.3 is 5.97 Å². The molecule has 1 atom stereocenters. The highest BCUT2D eigenvalue weighted by atomic mass is 16.5. The number of allylic oxidation sites excluding steroid dienone is 1. The molecule has 0 saturated carbocycles. The van der Waals surface area contributed by atoms with E-state index in [4.69, 9.17) is 4.74 Å². The van der Waals surface area contributed by atoms with E-state index in [0.717, 1.165) is 33.4 Å². The van der Waals surface area contributed by atoms with Crippen molar-refractivity contribution in [3.63, 3.8) is 0 Å². The molecule has 2 rings (SSSR count). The minimum atomic E-state index is -0.396. The highest BCUT2D eigenvalue weighted by molar-refractivity contribution is 5.84. The number of hydrogen-bond acceptors (Lipinski definition) is 3. The monoisotopic (exact) mass is 338 g/mol. The highest BCUT2D eigenvalue weighted by Crippen LogP contribution is 2.39. The van der Waals surface area contributed by atoms with Gasteiger partial charge in [0, 0.05) is 23.1 Å². The average molecular weight is 338 g/mol.